The number of carbonyl (C=O) groups excluding carboxylic acids is 2. The van der Waals surface area contributed by atoms with Crippen molar-refractivity contribution in [3.63, 3.8) is 0 Å². The SMILES string of the molecule is Cc1ccc([C@@]2(C)NC(=O)N(Cc3cc(=O)oc4cc(C)c(Cl)cc34)C2=O)cc1. The lowest BCUT2D eigenvalue weighted by Crippen LogP contribution is -2.40. The van der Waals surface area contributed by atoms with Crippen molar-refractivity contribution in [1.29, 1.82) is 0 Å². The number of nitrogens with one attached hydrogen (secondary N) is 1. The van der Waals surface area contributed by atoms with Gasteiger partial charge >= 0.3 is 11.7 Å². The first-order valence-electron chi connectivity index (χ1n) is 9.13. The molecule has 29 heavy (non-hydrogen) atoms. The first-order valence-corrected chi connectivity index (χ1v) is 9.51. The maximum Gasteiger partial charge on any atom is 0.336 e. The number of hydrogen-bond donors (Lipinski definition) is 1. The van der Waals surface area contributed by atoms with Crippen LogP contribution in [0.3, 0.4) is 0 Å². The second kappa shape index (κ2) is 6.74. The highest BCUT2D eigenvalue weighted by Gasteiger charge is 2.49. The van der Waals surface area contributed by atoms with Gasteiger partial charge in [0.15, 0.2) is 0 Å². The van der Waals surface area contributed by atoms with Crippen LogP contribution in [-0.4, -0.2) is 16.8 Å². The van der Waals surface area contributed by atoms with E-state index in [4.69, 9.17) is 16.0 Å². The minimum absolute atomic E-state index is 0.0619. The van der Waals surface area contributed by atoms with Gasteiger partial charge in [-0.15, -0.1) is 0 Å². The van der Waals surface area contributed by atoms with Gasteiger partial charge in [0.05, 0.1) is 6.54 Å². The van der Waals surface area contributed by atoms with Gasteiger partial charge in [0.2, 0.25) is 0 Å². The zero-order valence-electron chi connectivity index (χ0n) is 16.2. The van der Waals surface area contributed by atoms with Crippen molar-refractivity contribution in [3.8, 4) is 0 Å². The summed E-state index contributed by atoms with van der Waals surface area (Å²) >= 11 is 6.23. The van der Waals surface area contributed by atoms with Crippen molar-refractivity contribution in [2.45, 2.75) is 32.9 Å². The van der Waals surface area contributed by atoms with Gasteiger partial charge in [-0.2, -0.15) is 0 Å². The van der Waals surface area contributed by atoms with Crippen molar-refractivity contribution < 1.29 is 14.0 Å². The Kier molecular flexibility index (Phi) is 4.46. The van der Waals surface area contributed by atoms with Crippen molar-refractivity contribution in [1.82, 2.24) is 10.2 Å². The van der Waals surface area contributed by atoms with E-state index in [9.17, 15) is 14.4 Å². The fourth-order valence-corrected chi connectivity index (χ4v) is 3.74. The lowest BCUT2D eigenvalue weighted by Gasteiger charge is -2.22. The second-order valence-electron chi connectivity index (χ2n) is 7.50. The summed E-state index contributed by atoms with van der Waals surface area (Å²) in [5.74, 6) is -0.383. The number of rotatable bonds is 3. The van der Waals surface area contributed by atoms with E-state index in [-0.39, 0.29) is 12.5 Å². The number of carbonyl (C=O) groups is 2. The normalized spacial score (nSPS) is 19.1. The molecule has 6 nitrogen and oxygen atoms in total. The molecule has 4 rings (SSSR count). The molecule has 1 atom stereocenters. The van der Waals surface area contributed by atoms with Crippen LogP contribution in [0.2, 0.25) is 5.02 Å². The Morgan fingerprint density at radius 3 is 2.45 bits per heavy atom. The number of nitrogens with zero attached hydrogens (tertiary/aromatic N) is 1. The minimum atomic E-state index is -1.17. The highest BCUT2D eigenvalue weighted by molar-refractivity contribution is 6.32. The van der Waals surface area contributed by atoms with Crippen LogP contribution in [-0.2, 0) is 16.9 Å². The van der Waals surface area contributed by atoms with Crippen LogP contribution >= 0.6 is 11.6 Å². The van der Waals surface area contributed by atoms with E-state index in [1.807, 2.05) is 31.2 Å². The lowest BCUT2D eigenvalue weighted by molar-refractivity contribution is -0.131. The zero-order valence-corrected chi connectivity index (χ0v) is 17.0. The number of benzene rings is 2. The van der Waals surface area contributed by atoms with E-state index in [0.29, 0.717) is 27.1 Å². The number of imide groups is 1. The molecular weight excluding hydrogens is 392 g/mol. The van der Waals surface area contributed by atoms with Crippen molar-refractivity contribution in [3.05, 3.63) is 80.2 Å². The van der Waals surface area contributed by atoms with E-state index in [0.717, 1.165) is 16.0 Å². The molecule has 0 unspecified atom stereocenters. The summed E-state index contributed by atoms with van der Waals surface area (Å²) < 4.78 is 5.26. The summed E-state index contributed by atoms with van der Waals surface area (Å²) in [5.41, 5.74) is 1.65. The summed E-state index contributed by atoms with van der Waals surface area (Å²) in [4.78, 5) is 39.0. The Morgan fingerprint density at radius 2 is 1.76 bits per heavy atom. The maximum atomic E-state index is 13.2. The van der Waals surface area contributed by atoms with Gasteiger partial charge in [-0.3, -0.25) is 9.69 Å². The van der Waals surface area contributed by atoms with Crippen LogP contribution in [0, 0.1) is 13.8 Å². The average molecular weight is 411 g/mol. The molecule has 3 aromatic rings. The summed E-state index contributed by atoms with van der Waals surface area (Å²) in [6, 6.07) is 11.6. The Balaban J connectivity index is 1.74. The molecule has 2 aromatic carbocycles. The molecule has 0 saturated carbocycles. The molecule has 1 fully saturated rings. The van der Waals surface area contributed by atoms with Gasteiger partial charge in [0.25, 0.3) is 5.91 Å². The Hall–Kier alpha value is -3.12. The summed E-state index contributed by atoms with van der Waals surface area (Å²) in [7, 11) is 0. The zero-order chi connectivity index (χ0) is 20.9. The van der Waals surface area contributed by atoms with Gasteiger partial charge in [-0.05, 0) is 49.6 Å². The number of aryl methyl sites for hydroxylation is 2. The molecule has 148 valence electrons. The van der Waals surface area contributed by atoms with Crippen LogP contribution in [0.4, 0.5) is 4.79 Å². The monoisotopic (exact) mass is 410 g/mol. The number of hydrogen-bond acceptors (Lipinski definition) is 4. The topological polar surface area (TPSA) is 79.6 Å². The highest BCUT2D eigenvalue weighted by atomic mass is 35.5. The Labute approximate surface area is 172 Å². The Bertz CT molecular complexity index is 1220. The van der Waals surface area contributed by atoms with Crippen molar-refractivity contribution in [2.24, 2.45) is 0 Å². The third kappa shape index (κ3) is 3.19. The molecule has 0 spiro atoms. The van der Waals surface area contributed by atoms with E-state index >= 15 is 0 Å². The molecule has 0 radical (unpaired) electrons. The predicted octanol–water partition coefficient (Wildman–Crippen LogP) is 4.03. The van der Waals surface area contributed by atoms with Crippen LogP contribution in [0.5, 0.6) is 0 Å². The van der Waals surface area contributed by atoms with Crippen LogP contribution in [0.15, 0.2) is 51.7 Å². The fraction of sp³-hybridized carbons (Fsp3) is 0.227. The van der Waals surface area contributed by atoms with Crippen LogP contribution in [0.25, 0.3) is 11.0 Å². The summed E-state index contributed by atoms with van der Waals surface area (Å²) in [5, 5.41) is 3.88. The number of amides is 3. The van der Waals surface area contributed by atoms with Gasteiger partial charge in [0, 0.05) is 16.5 Å². The quantitative estimate of drug-likeness (QED) is 0.522. The number of urea groups is 1. The van der Waals surface area contributed by atoms with Gasteiger partial charge in [0.1, 0.15) is 11.1 Å². The molecule has 0 aliphatic carbocycles. The largest absolute Gasteiger partial charge is 0.423 e. The lowest BCUT2D eigenvalue weighted by atomic mass is 9.91. The highest BCUT2D eigenvalue weighted by Crippen LogP contribution is 2.31. The van der Waals surface area contributed by atoms with E-state index in [2.05, 4.69) is 5.32 Å². The third-order valence-corrected chi connectivity index (χ3v) is 5.75. The van der Waals surface area contributed by atoms with Gasteiger partial charge < -0.3 is 9.73 Å². The van der Waals surface area contributed by atoms with E-state index in [1.54, 1.807) is 26.0 Å². The van der Waals surface area contributed by atoms with Crippen molar-refractivity contribution in [2.75, 3.05) is 0 Å². The molecular formula is C22H19ClN2O4. The van der Waals surface area contributed by atoms with Crippen LogP contribution in [0.1, 0.15) is 29.2 Å². The Morgan fingerprint density at radius 1 is 1.07 bits per heavy atom. The smallest absolute Gasteiger partial charge is 0.336 e. The van der Waals surface area contributed by atoms with Crippen LogP contribution < -0.4 is 10.9 Å². The summed E-state index contributed by atoms with van der Waals surface area (Å²) in [6.07, 6.45) is 0. The van der Waals surface area contributed by atoms with Crippen molar-refractivity contribution >= 4 is 34.5 Å². The summed E-state index contributed by atoms with van der Waals surface area (Å²) in [6.45, 7) is 5.37. The van der Waals surface area contributed by atoms with Gasteiger partial charge in [-0.25, -0.2) is 9.59 Å². The standard InChI is InChI=1S/C22H19ClN2O4/c1-12-4-6-15(7-5-12)22(3)20(27)25(21(28)24-22)11-14-9-19(26)29-18-8-13(2)17(23)10-16(14)18/h4-10H,11H2,1-3H3,(H,24,28)/t22-/m1/s1. The molecule has 1 aliphatic heterocycles. The second-order valence-corrected chi connectivity index (χ2v) is 7.91. The predicted molar refractivity (Wildman–Crippen MR) is 110 cm³/mol. The third-order valence-electron chi connectivity index (χ3n) is 5.34. The number of fused-ring (bicyclic) bond motifs is 1. The first-order chi connectivity index (χ1) is 13.7. The molecule has 7 heteroatoms. The fourth-order valence-electron chi connectivity index (χ4n) is 3.57. The minimum Gasteiger partial charge on any atom is -0.423 e. The molecule has 3 amide bonds. The first kappa shape index (κ1) is 19.2. The molecule has 0 bridgehead atoms. The molecule has 2 heterocycles. The average Bonchev–Trinajstić information content (AvgIpc) is 2.88. The van der Waals surface area contributed by atoms with E-state index < -0.39 is 17.2 Å². The number of halogens is 1. The molecule has 1 aliphatic rings. The maximum absolute atomic E-state index is 13.2. The molecule has 1 saturated heterocycles. The van der Waals surface area contributed by atoms with Gasteiger partial charge in [-0.1, -0.05) is 41.4 Å². The molecule has 1 aromatic heterocycles. The van der Waals surface area contributed by atoms with E-state index in [1.165, 1.54) is 6.07 Å². The molecule has 1 N–H and O–H groups in total.